The number of aromatic nitrogens is 4. The number of carbonyl (C=O) groups is 8. The van der Waals surface area contributed by atoms with Crippen molar-refractivity contribution in [1.82, 2.24) is 19.9 Å². The minimum absolute atomic E-state index is 0.0303. The van der Waals surface area contributed by atoms with E-state index in [0.717, 1.165) is 34.0 Å². The molecule has 83 heavy (non-hydrogen) atoms. The van der Waals surface area contributed by atoms with Gasteiger partial charge in [0.2, 0.25) is 0 Å². The number of halogens is 6. The molecule has 3 N–H and O–H groups in total. The molecule has 0 spiro atoms. The van der Waals surface area contributed by atoms with E-state index >= 15 is 0 Å². The van der Waals surface area contributed by atoms with Crippen molar-refractivity contribution in [3.8, 4) is 17.2 Å². The zero-order chi connectivity index (χ0) is 63.1. The van der Waals surface area contributed by atoms with E-state index in [1.165, 1.54) is 71.8 Å². The number of thiophene rings is 3. The number of carboxylic acids is 2. The Kier molecular flexibility index (Phi) is 30.5. The van der Waals surface area contributed by atoms with Crippen LogP contribution in [0.1, 0.15) is 80.9 Å². The highest BCUT2D eigenvalue weighted by molar-refractivity contribution is 9.09. The highest BCUT2D eigenvalue weighted by Gasteiger charge is 2.26. The van der Waals surface area contributed by atoms with Gasteiger partial charge < -0.3 is 53.2 Å². The van der Waals surface area contributed by atoms with Crippen molar-refractivity contribution >= 4 is 199 Å². The third-order valence-electron chi connectivity index (χ3n) is 8.71. The maximum Gasteiger partial charge on any atom is 0.351 e. The molecule has 0 saturated carbocycles. The quantitative estimate of drug-likeness (QED) is 0.0382. The van der Waals surface area contributed by atoms with Gasteiger partial charge in [0, 0.05) is 49.6 Å². The number of rotatable bonds is 12. The Labute approximate surface area is 523 Å². The monoisotopic (exact) mass is 1390 g/mol. The zero-order valence-electron chi connectivity index (χ0n) is 45.0. The minimum Gasteiger partial charge on any atom is -0.505 e. The fourth-order valence-electron chi connectivity index (χ4n) is 5.62. The van der Waals surface area contributed by atoms with Crippen LogP contribution in [0.2, 0.25) is 25.1 Å². The van der Waals surface area contributed by atoms with E-state index in [4.69, 9.17) is 91.9 Å². The Morgan fingerprint density at radius 3 is 1.27 bits per heavy atom. The molecule has 23 nitrogen and oxygen atoms in total. The molecule has 0 aliphatic carbocycles. The highest BCUT2D eigenvalue weighted by Crippen LogP contribution is 2.43. The van der Waals surface area contributed by atoms with E-state index in [1.807, 2.05) is 20.8 Å². The van der Waals surface area contributed by atoms with Crippen LogP contribution in [0, 0.1) is 0 Å². The summed E-state index contributed by atoms with van der Waals surface area (Å²) in [7, 11) is 5.12. The Morgan fingerprint density at radius 1 is 0.518 bits per heavy atom. The second kappa shape index (κ2) is 34.6. The molecule has 0 bridgehead atoms. The average molecular weight is 1400 g/mol. The molecule has 0 aromatic carbocycles. The molecule has 0 unspecified atom stereocenters. The molecule has 0 fully saturated rings. The number of fused-ring (bicyclic) bond motifs is 3. The SMILES string of the molecule is CC(C)(C)OC(=O)CBr.COC(=O)CS.COC(=O)c1c(Cl)cncc1Cl.COC(=O)c1sc2cncc(Cl)c2c1O.COC(=O)c1sc2cncc(Cl)c2c1OCC(=O)OC(C)(C)C.O=C(O)COc1c(C(=O)O)sc2cncc(Cl)c12. The van der Waals surface area contributed by atoms with Crippen LogP contribution < -0.4 is 9.47 Å². The maximum absolute atomic E-state index is 11.9. The van der Waals surface area contributed by atoms with Gasteiger partial charge >= 0.3 is 47.8 Å². The predicted octanol–water partition coefficient (Wildman–Crippen LogP) is 12.0. The van der Waals surface area contributed by atoms with Crippen molar-refractivity contribution in [2.24, 2.45) is 0 Å². The van der Waals surface area contributed by atoms with Crippen LogP contribution in [-0.4, -0.2) is 147 Å². The molecule has 0 aliphatic heterocycles. The van der Waals surface area contributed by atoms with Gasteiger partial charge in [-0.25, -0.2) is 28.8 Å². The van der Waals surface area contributed by atoms with Crippen LogP contribution in [-0.2, 0) is 47.6 Å². The summed E-state index contributed by atoms with van der Waals surface area (Å²) in [6.45, 7) is 9.82. The zero-order valence-corrected chi connectivity index (χ0v) is 53.8. The molecule has 0 atom stereocenters. The first kappa shape index (κ1) is 73.0. The normalized spacial score (nSPS) is 10.5. The molecule has 0 saturated heterocycles. The van der Waals surface area contributed by atoms with Crippen molar-refractivity contribution in [2.45, 2.75) is 52.7 Å². The van der Waals surface area contributed by atoms with Crippen LogP contribution in [0.15, 0.2) is 49.6 Å². The number of thiol groups is 1. The largest absolute Gasteiger partial charge is 0.505 e. The predicted molar refractivity (Wildman–Crippen MR) is 321 cm³/mol. The van der Waals surface area contributed by atoms with Crippen molar-refractivity contribution in [3.05, 3.63) is 94.9 Å². The molecule has 7 heterocycles. The van der Waals surface area contributed by atoms with Gasteiger partial charge in [-0.1, -0.05) is 73.9 Å². The number of pyridine rings is 4. The van der Waals surface area contributed by atoms with Gasteiger partial charge in [0.15, 0.2) is 39.3 Å². The molecule has 7 aromatic heterocycles. The molecule has 0 radical (unpaired) electrons. The van der Waals surface area contributed by atoms with Crippen molar-refractivity contribution < 1.29 is 91.6 Å². The van der Waals surface area contributed by atoms with Gasteiger partial charge in [0.25, 0.3) is 0 Å². The van der Waals surface area contributed by atoms with E-state index < -0.39 is 48.0 Å². The molecule has 7 rings (SSSR count). The fourth-order valence-corrected chi connectivity index (χ4v) is 10.3. The summed E-state index contributed by atoms with van der Waals surface area (Å²) in [5.41, 5.74) is -0.829. The van der Waals surface area contributed by atoms with Crippen LogP contribution in [0.4, 0.5) is 0 Å². The molecule has 0 amide bonds. The number of carboxylic acid groups (broad SMARTS) is 2. The van der Waals surface area contributed by atoms with E-state index in [0.29, 0.717) is 40.3 Å². The van der Waals surface area contributed by atoms with Gasteiger partial charge in [-0.3, -0.25) is 29.5 Å². The lowest BCUT2D eigenvalue weighted by Gasteiger charge is -2.19. The standard InChI is InChI=1S/C15H16ClNO5S.C10H6ClNO5S.C9H6ClNO3S.C7H5Cl2NO2.C6H11BrO2.C3H6O2S/c1-15(2,3)22-10(18)7-21-12-11-8(16)5-17-6-9(11)23-13(12)14(19)20-4;11-4-1-12-2-5-7(4)8(17-3-6(13)14)9(18-5)10(15)16;1-14-9(13)8-7(12)6-4(10)2-11-3-5(6)15-8;1-12-7(11)6-4(8)2-10-3-5(6)9;1-6(2,3)9-5(8)4-7;1-5-3(4)2-6/h5-6H,7H2,1-4H3;1-2H,3H2,(H,13,14)(H,15,16);2-3,12H,1H3;2-3H,1H3;4H2,1-3H3;6H,2H2,1H3. The van der Waals surface area contributed by atoms with Crippen molar-refractivity contribution in [3.63, 3.8) is 0 Å². The summed E-state index contributed by atoms with van der Waals surface area (Å²) in [6.07, 6.45) is 11.4. The molecular weight excluding hydrogens is 1350 g/mol. The van der Waals surface area contributed by atoms with Gasteiger partial charge in [-0.15, -0.1) is 34.0 Å². The lowest BCUT2D eigenvalue weighted by Crippen LogP contribution is -2.27. The van der Waals surface area contributed by atoms with Crippen LogP contribution in [0.25, 0.3) is 30.3 Å². The van der Waals surface area contributed by atoms with Crippen molar-refractivity contribution in [2.75, 3.05) is 52.7 Å². The first-order valence-corrected chi connectivity index (χ1v) is 28.7. The summed E-state index contributed by atoms with van der Waals surface area (Å²) >= 11 is 39.0. The maximum atomic E-state index is 11.9. The second-order valence-electron chi connectivity index (χ2n) is 17.1. The van der Waals surface area contributed by atoms with Gasteiger partial charge in [-0.2, -0.15) is 12.6 Å². The third kappa shape index (κ3) is 23.1. The van der Waals surface area contributed by atoms with Crippen LogP contribution in [0.5, 0.6) is 17.2 Å². The summed E-state index contributed by atoms with van der Waals surface area (Å²) < 4.78 is 40.4. The first-order chi connectivity index (χ1) is 38.8. The summed E-state index contributed by atoms with van der Waals surface area (Å²) in [4.78, 5) is 104. The van der Waals surface area contributed by atoms with Gasteiger partial charge in [0.1, 0.15) is 22.3 Å². The lowest BCUT2D eigenvalue weighted by molar-refractivity contribution is -0.157. The number of methoxy groups -OCH3 is 4. The Hall–Kier alpha value is -6.08. The highest BCUT2D eigenvalue weighted by atomic mass is 79.9. The van der Waals surface area contributed by atoms with Crippen LogP contribution in [0.3, 0.4) is 0 Å². The molecule has 0 aliphatic rings. The second-order valence-corrected chi connectivity index (χ2v) is 23.1. The lowest BCUT2D eigenvalue weighted by atomic mass is 10.2. The Bertz CT molecular complexity index is 3420. The molecular formula is C50H50BrCl5N4O19S4. The minimum atomic E-state index is -1.20. The Morgan fingerprint density at radius 2 is 0.892 bits per heavy atom. The van der Waals surface area contributed by atoms with E-state index in [1.54, 1.807) is 27.0 Å². The number of hydrogen-bond donors (Lipinski definition) is 4. The number of carbonyl (C=O) groups excluding carboxylic acids is 6. The topological polar surface area (TPSA) is 323 Å². The van der Waals surface area contributed by atoms with E-state index in [9.17, 15) is 43.5 Å². The summed E-state index contributed by atoms with van der Waals surface area (Å²) in [6, 6.07) is 0. The van der Waals surface area contributed by atoms with Crippen molar-refractivity contribution in [1.29, 1.82) is 0 Å². The van der Waals surface area contributed by atoms with Crippen LogP contribution >= 0.6 is 121 Å². The fraction of sp³-hybridized carbons (Fsp3) is 0.320. The molecule has 7 aromatic rings. The van der Waals surface area contributed by atoms with E-state index in [2.05, 4.69) is 62.7 Å². The number of nitrogens with zero attached hydrogens (tertiary/aromatic N) is 4. The number of alkyl halides is 1. The number of aromatic carboxylic acids is 1. The third-order valence-corrected chi connectivity index (χ3v) is 14.1. The first-order valence-electron chi connectivity index (χ1n) is 22.6. The average Bonchev–Trinajstić information content (AvgIpc) is 4.17. The number of aliphatic carboxylic acids is 1. The number of esters is 6. The van der Waals surface area contributed by atoms with Gasteiger partial charge in [0.05, 0.1) is 95.1 Å². The molecule has 450 valence electrons. The Balaban J connectivity index is 0.000000356. The number of aromatic hydroxyl groups is 1. The summed E-state index contributed by atoms with van der Waals surface area (Å²) in [5.74, 6) is -4.97. The van der Waals surface area contributed by atoms with E-state index in [-0.39, 0.29) is 87.7 Å². The van der Waals surface area contributed by atoms with Gasteiger partial charge in [-0.05, 0) is 41.5 Å². The number of ether oxygens (including phenoxy) is 8. The number of hydrogen-bond acceptors (Lipinski definition) is 25. The molecule has 33 heteroatoms. The summed E-state index contributed by atoms with van der Waals surface area (Å²) in [5, 5.41) is 30.2. The smallest absolute Gasteiger partial charge is 0.351 e.